The van der Waals surface area contributed by atoms with Crippen LogP contribution in [0.1, 0.15) is 52.7 Å². The maximum atomic E-state index is 4.09. The van der Waals surface area contributed by atoms with Crippen molar-refractivity contribution in [3.05, 3.63) is 36.8 Å². The van der Waals surface area contributed by atoms with E-state index in [9.17, 15) is 0 Å². The first-order valence-electron chi connectivity index (χ1n) is 6.80. The van der Waals surface area contributed by atoms with Crippen molar-refractivity contribution < 1.29 is 0 Å². The Morgan fingerprint density at radius 2 is 1.58 bits per heavy atom. The molecule has 2 rings (SSSR count). The molecular weight excluding hydrogens is 236 g/mol. The van der Waals surface area contributed by atoms with Gasteiger partial charge in [0, 0.05) is 11.1 Å². The maximum Gasteiger partial charge on any atom is 0.185 e. The van der Waals surface area contributed by atoms with Gasteiger partial charge >= 0.3 is 0 Å². The summed E-state index contributed by atoms with van der Waals surface area (Å²) in [6, 6.07) is 0. The fraction of sp³-hybridized carbons (Fsp3) is 0.400. The summed E-state index contributed by atoms with van der Waals surface area (Å²) < 4.78 is 1.60. The standard InChI is InChI=1S/C9H8N4.3C2H6/c1-3-7-5-11-13-6-10-12-9(13)8(7)4-2;3*1-2/h3-6H,1-2H2;3*1-2H3. The van der Waals surface area contributed by atoms with E-state index >= 15 is 0 Å². The first-order valence-corrected chi connectivity index (χ1v) is 6.80. The van der Waals surface area contributed by atoms with Crippen molar-refractivity contribution in [2.45, 2.75) is 41.5 Å². The van der Waals surface area contributed by atoms with Crippen LogP contribution in [0, 0.1) is 0 Å². The molecule has 0 saturated heterocycles. The molecule has 0 atom stereocenters. The van der Waals surface area contributed by atoms with Gasteiger partial charge in [0.15, 0.2) is 5.65 Å². The van der Waals surface area contributed by atoms with E-state index in [0.29, 0.717) is 5.65 Å². The van der Waals surface area contributed by atoms with Crippen molar-refractivity contribution in [1.29, 1.82) is 0 Å². The van der Waals surface area contributed by atoms with E-state index in [1.807, 2.05) is 41.5 Å². The molecule has 0 saturated carbocycles. The second kappa shape index (κ2) is 12.5. The molecule has 0 unspecified atom stereocenters. The fourth-order valence-corrected chi connectivity index (χ4v) is 1.19. The zero-order chi connectivity index (χ0) is 15.3. The van der Waals surface area contributed by atoms with E-state index in [1.165, 1.54) is 0 Å². The summed E-state index contributed by atoms with van der Waals surface area (Å²) in [6.45, 7) is 19.4. The summed E-state index contributed by atoms with van der Waals surface area (Å²) in [5, 5.41) is 11.8. The van der Waals surface area contributed by atoms with Gasteiger partial charge in [-0.05, 0) is 0 Å². The van der Waals surface area contributed by atoms with E-state index in [0.717, 1.165) is 11.1 Å². The summed E-state index contributed by atoms with van der Waals surface area (Å²) >= 11 is 0. The van der Waals surface area contributed by atoms with Crippen LogP contribution in [-0.4, -0.2) is 19.8 Å². The molecule has 0 aliphatic heterocycles. The van der Waals surface area contributed by atoms with E-state index in [2.05, 4.69) is 28.5 Å². The predicted molar refractivity (Wildman–Crippen MR) is 85.0 cm³/mol. The topological polar surface area (TPSA) is 43.1 Å². The lowest BCUT2D eigenvalue weighted by Gasteiger charge is -2.00. The van der Waals surface area contributed by atoms with Crippen molar-refractivity contribution >= 4 is 17.8 Å². The van der Waals surface area contributed by atoms with Crippen LogP contribution in [0.2, 0.25) is 0 Å². The highest BCUT2D eigenvalue weighted by molar-refractivity contribution is 5.72. The zero-order valence-electron chi connectivity index (χ0n) is 13.0. The van der Waals surface area contributed by atoms with Gasteiger partial charge in [0.1, 0.15) is 6.33 Å². The molecule has 4 heteroatoms. The molecule has 0 fully saturated rings. The van der Waals surface area contributed by atoms with Crippen LogP contribution >= 0.6 is 0 Å². The molecular formula is C15H26N4. The third-order valence-electron chi connectivity index (χ3n) is 1.83. The number of rotatable bonds is 2. The highest BCUT2D eigenvalue weighted by Gasteiger charge is 2.04. The second-order valence-corrected chi connectivity index (χ2v) is 2.52. The van der Waals surface area contributed by atoms with Crippen LogP contribution in [0.5, 0.6) is 0 Å². The third-order valence-corrected chi connectivity index (χ3v) is 1.83. The van der Waals surface area contributed by atoms with E-state index < -0.39 is 0 Å². The van der Waals surface area contributed by atoms with Crippen molar-refractivity contribution in [3.8, 4) is 0 Å². The molecule has 0 aromatic carbocycles. The Kier molecular flexibility index (Phi) is 12.7. The molecule has 0 aliphatic carbocycles. The summed E-state index contributed by atoms with van der Waals surface area (Å²) in [6.07, 6.45) is 6.71. The smallest absolute Gasteiger partial charge is 0.185 e. The number of hydrogen-bond donors (Lipinski definition) is 0. The van der Waals surface area contributed by atoms with Gasteiger partial charge in [-0.3, -0.25) is 0 Å². The summed E-state index contributed by atoms with van der Waals surface area (Å²) in [7, 11) is 0. The number of aromatic nitrogens is 4. The number of nitrogens with zero attached hydrogens (tertiary/aromatic N) is 4. The minimum Gasteiger partial charge on any atom is -0.200 e. The van der Waals surface area contributed by atoms with Gasteiger partial charge in [0.05, 0.1) is 6.20 Å². The quantitative estimate of drug-likeness (QED) is 0.801. The Morgan fingerprint density at radius 1 is 1.00 bits per heavy atom. The highest BCUT2D eigenvalue weighted by Crippen LogP contribution is 2.14. The number of hydrogen-bond acceptors (Lipinski definition) is 3. The molecule has 0 N–H and O–H groups in total. The lowest BCUT2D eigenvalue weighted by molar-refractivity contribution is 0.922. The van der Waals surface area contributed by atoms with Crippen LogP contribution < -0.4 is 0 Å². The normalized spacial score (nSPS) is 7.89. The van der Waals surface area contributed by atoms with Crippen LogP contribution in [0.3, 0.4) is 0 Å². The fourth-order valence-electron chi connectivity index (χ4n) is 1.19. The summed E-state index contributed by atoms with van der Waals surface area (Å²) in [5.41, 5.74) is 2.52. The van der Waals surface area contributed by atoms with Gasteiger partial charge in [-0.2, -0.15) is 9.61 Å². The van der Waals surface area contributed by atoms with Crippen molar-refractivity contribution in [2.24, 2.45) is 0 Å². The van der Waals surface area contributed by atoms with Crippen LogP contribution in [0.15, 0.2) is 25.7 Å². The monoisotopic (exact) mass is 262 g/mol. The Balaban J connectivity index is 0. The maximum absolute atomic E-state index is 4.09. The van der Waals surface area contributed by atoms with Crippen molar-refractivity contribution in [2.75, 3.05) is 0 Å². The van der Waals surface area contributed by atoms with E-state index in [4.69, 9.17) is 0 Å². The molecule has 0 radical (unpaired) electrons. The Bertz CT molecular complexity index is 472. The number of fused-ring (bicyclic) bond motifs is 1. The molecule has 0 aliphatic rings. The highest BCUT2D eigenvalue weighted by atomic mass is 15.3. The predicted octanol–water partition coefficient (Wildman–Crippen LogP) is 4.49. The summed E-state index contributed by atoms with van der Waals surface area (Å²) in [4.78, 5) is 0. The Hall–Kier alpha value is -1.97. The van der Waals surface area contributed by atoms with Gasteiger partial charge in [-0.15, -0.1) is 10.2 Å². The first-order chi connectivity index (χ1) is 9.36. The summed E-state index contributed by atoms with van der Waals surface area (Å²) in [5.74, 6) is 0. The molecule has 0 spiro atoms. The van der Waals surface area contributed by atoms with Gasteiger partial charge in [0.2, 0.25) is 0 Å². The van der Waals surface area contributed by atoms with Crippen LogP contribution in [-0.2, 0) is 0 Å². The lowest BCUT2D eigenvalue weighted by atomic mass is 10.1. The largest absolute Gasteiger partial charge is 0.200 e. The lowest BCUT2D eigenvalue weighted by Crippen LogP contribution is -1.94. The van der Waals surface area contributed by atoms with Gasteiger partial charge in [0.25, 0.3) is 0 Å². The van der Waals surface area contributed by atoms with Gasteiger partial charge < -0.3 is 0 Å². The van der Waals surface area contributed by atoms with E-state index in [1.54, 1.807) is 29.2 Å². The molecule has 0 bridgehead atoms. The van der Waals surface area contributed by atoms with Crippen LogP contribution in [0.25, 0.3) is 17.8 Å². The first kappa shape index (κ1) is 19.4. The Labute approximate surface area is 116 Å². The van der Waals surface area contributed by atoms with Crippen molar-refractivity contribution in [1.82, 2.24) is 19.8 Å². The average Bonchev–Trinajstić information content (AvgIpc) is 3.00. The zero-order valence-corrected chi connectivity index (χ0v) is 13.0. The second-order valence-electron chi connectivity index (χ2n) is 2.52. The van der Waals surface area contributed by atoms with E-state index in [-0.39, 0.29) is 0 Å². The minimum atomic E-state index is 0.701. The molecule has 2 aromatic rings. The average molecular weight is 262 g/mol. The van der Waals surface area contributed by atoms with Gasteiger partial charge in [-0.1, -0.05) is 66.9 Å². The Morgan fingerprint density at radius 3 is 2.05 bits per heavy atom. The molecule has 0 amide bonds. The molecule has 4 nitrogen and oxygen atoms in total. The van der Waals surface area contributed by atoms with Crippen LogP contribution in [0.4, 0.5) is 0 Å². The SMILES string of the molecule is C=Cc1cnn2cnnc2c1C=C.CC.CC.CC. The molecule has 106 valence electrons. The molecule has 19 heavy (non-hydrogen) atoms. The molecule has 2 aromatic heterocycles. The minimum absolute atomic E-state index is 0.701. The van der Waals surface area contributed by atoms with Crippen molar-refractivity contribution in [3.63, 3.8) is 0 Å². The third kappa shape index (κ3) is 5.04. The van der Waals surface area contributed by atoms with Gasteiger partial charge in [-0.25, -0.2) is 0 Å². The molecule has 2 heterocycles.